The van der Waals surface area contributed by atoms with Crippen LogP contribution in [-0.2, 0) is 11.2 Å². The number of thiophene rings is 1. The van der Waals surface area contributed by atoms with Crippen molar-refractivity contribution in [2.24, 2.45) is 0 Å². The molecule has 4 nitrogen and oxygen atoms in total. The molecule has 0 saturated carbocycles. The first-order valence-electron chi connectivity index (χ1n) is 6.99. The summed E-state index contributed by atoms with van der Waals surface area (Å²) in [6.07, 6.45) is 0.885. The van der Waals surface area contributed by atoms with E-state index in [1.54, 1.807) is 6.07 Å². The zero-order valence-electron chi connectivity index (χ0n) is 13.0. The van der Waals surface area contributed by atoms with Crippen molar-refractivity contribution in [1.82, 2.24) is 0 Å². The Labute approximate surface area is 153 Å². The topological polar surface area (TPSA) is 50.4 Å². The third kappa shape index (κ3) is 4.53. The van der Waals surface area contributed by atoms with Crippen molar-refractivity contribution >= 4 is 61.3 Å². The highest BCUT2D eigenvalue weighted by molar-refractivity contribution is 9.10. The Balaban J connectivity index is 2.16. The molecule has 0 aliphatic heterocycles. The summed E-state index contributed by atoms with van der Waals surface area (Å²) in [6, 6.07) is 7.77. The second kappa shape index (κ2) is 7.90. The number of rotatable bonds is 4. The van der Waals surface area contributed by atoms with Crippen LogP contribution in [-0.4, -0.2) is 18.2 Å². The van der Waals surface area contributed by atoms with E-state index in [1.165, 1.54) is 18.4 Å². The summed E-state index contributed by atoms with van der Waals surface area (Å²) in [5.41, 5.74) is 2.59. The van der Waals surface area contributed by atoms with Gasteiger partial charge in [-0.1, -0.05) is 22.9 Å². The minimum atomic E-state index is -0.377. The van der Waals surface area contributed by atoms with E-state index in [-0.39, 0.29) is 5.97 Å². The second-order valence-electron chi connectivity index (χ2n) is 4.83. The number of aryl methyl sites for hydroxylation is 2. The maximum absolute atomic E-state index is 11.8. The minimum Gasteiger partial charge on any atom is -0.465 e. The van der Waals surface area contributed by atoms with Gasteiger partial charge < -0.3 is 15.4 Å². The van der Waals surface area contributed by atoms with Gasteiger partial charge in [-0.25, -0.2) is 4.79 Å². The molecular weight excluding hydrogens is 396 g/mol. The SMILES string of the molecule is CCc1cc(Br)ccc1NC(=S)Nc1sc(C)cc1C(=O)OC. The molecule has 1 heterocycles. The van der Waals surface area contributed by atoms with Gasteiger partial charge in [0.25, 0.3) is 0 Å². The van der Waals surface area contributed by atoms with Gasteiger partial charge in [-0.3, -0.25) is 0 Å². The molecule has 0 unspecified atom stereocenters. The first kappa shape index (κ1) is 17.9. The number of ether oxygens (including phenoxy) is 1. The van der Waals surface area contributed by atoms with Crippen LogP contribution in [0.3, 0.4) is 0 Å². The Morgan fingerprint density at radius 1 is 1.35 bits per heavy atom. The predicted octanol–water partition coefficient (Wildman–Crippen LogP) is 4.98. The Morgan fingerprint density at radius 2 is 2.09 bits per heavy atom. The molecule has 122 valence electrons. The molecule has 1 aromatic carbocycles. The zero-order valence-corrected chi connectivity index (χ0v) is 16.2. The monoisotopic (exact) mass is 412 g/mol. The smallest absolute Gasteiger partial charge is 0.340 e. The van der Waals surface area contributed by atoms with Gasteiger partial charge in [0.1, 0.15) is 5.00 Å². The van der Waals surface area contributed by atoms with Gasteiger partial charge in [0.2, 0.25) is 0 Å². The quantitative estimate of drug-likeness (QED) is 0.547. The normalized spacial score (nSPS) is 10.3. The van der Waals surface area contributed by atoms with Crippen LogP contribution < -0.4 is 10.6 Å². The predicted molar refractivity (Wildman–Crippen MR) is 104 cm³/mol. The van der Waals surface area contributed by atoms with Crippen molar-refractivity contribution in [3.05, 3.63) is 44.7 Å². The molecule has 0 aliphatic rings. The van der Waals surface area contributed by atoms with Crippen molar-refractivity contribution in [1.29, 1.82) is 0 Å². The molecule has 0 spiro atoms. The molecule has 2 N–H and O–H groups in total. The summed E-state index contributed by atoms with van der Waals surface area (Å²) in [7, 11) is 1.37. The molecule has 0 bridgehead atoms. The second-order valence-corrected chi connectivity index (χ2v) is 7.41. The Kier molecular flexibility index (Phi) is 6.15. The van der Waals surface area contributed by atoms with E-state index in [0.29, 0.717) is 15.7 Å². The first-order valence-corrected chi connectivity index (χ1v) is 9.01. The average Bonchev–Trinajstić information content (AvgIpc) is 2.88. The molecule has 0 radical (unpaired) electrons. The van der Waals surface area contributed by atoms with Crippen LogP contribution in [0.15, 0.2) is 28.7 Å². The lowest BCUT2D eigenvalue weighted by Crippen LogP contribution is -2.20. The van der Waals surface area contributed by atoms with Crippen LogP contribution in [0.5, 0.6) is 0 Å². The van der Waals surface area contributed by atoms with E-state index >= 15 is 0 Å². The molecule has 0 aliphatic carbocycles. The largest absolute Gasteiger partial charge is 0.465 e. The van der Waals surface area contributed by atoms with E-state index in [9.17, 15) is 4.79 Å². The number of hydrogen-bond donors (Lipinski definition) is 2. The number of carbonyl (C=O) groups is 1. The lowest BCUT2D eigenvalue weighted by molar-refractivity contribution is 0.0602. The number of thiocarbonyl (C=S) groups is 1. The maximum atomic E-state index is 11.8. The van der Waals surface area contributed by atoms with Crippen LogP contribution in [0.4, 0.5) is 10.7 Å². The summed E-state index contributed by atoms with van der Waals surface area (Å²) in [5, 5.41) is 7.39. The van der Waals surface area contributed by atoms with Crippen LogP contribution in [0.25, 0.3) is 0 Å². The molecular formula is C16H17BrN2O2S2. The molecule has 2 aromatic rings. The summed E-state index contributed by atoms with van der Waals surface area (Å²) >= 11 is 10.3. The van der Waals surface area contributed by atoms with Crippen molar-refractivity contribution < 1.29 is 9.53 Å². The summed E-state index contributed by atoms with van der Waals surface area (Å²) in [4.78, 5) is 12.8. The lowest BCUT2D eigenvalue weighted by atomic mass is 10.1. The fourth-order valence-corrected chi connectivity index (χ4v) is 3.69. The molecule has 0 saturated heterocycles. The van der Waals surface area contributed by atoms with Crippen LogP contribution in [0, 0.1) is 6.92 Å². The summed E-state index contributed by atoms with van der Waals surface area (Å²) < 4.78 is 5.83. The van der Waals surface area contributed by atoms with Gasteiger partial charge in [-0.15, -0.1) is 11.3 Å². The third-order valence-corrected chi connectivity index (χ3v) is 4.85. The van der Waals surface area contributed by atoms with Gasteiger partial charge in [0.05, 0.1) is 12.7 Å². The van der Waals surface area contributed by atoms with Crippen LogP contribution in [0.1, 0.15) is 27.7 Å². The van der Waals surface area contributed by atoms with Crippen molar-refractivity contribution in [3.8, 4) is 0 Å². The van der Waals surface area contributed by atoms with E-state index in [2.05, 4.69) is 39.6 Å². The fraction of sp³-hybridized carbons (Fsp3) is 0.250. The molecule has 23 heavy (non-hydrogen) atoms. The highest BCUT2D eigenvalue weighted by atomic mass is 79.9. The molecule has 0 fully saturated rings. The van der Waals surface area contributed by atoms with Gasteiger partial charge in [-0.2, -0.15) is 0 Å². The number of carbonyl (C=O) groups excluding carboxylic acids is 1. The standard InChI is InChI=1S/C16H17BrN2O2S2/c1-4-10-8-11(17)5-6-13(10)18-16(22)19-14-12(15(20)21-3)7-9(2)23-14/h5-8H,4H2,1-3H3,(H2,18,19,22). The van der Waals surface area contributed by atoms with Gasteiger partial charge in [-0.05, 0) is 55.4 Å². The average molecular weight is 413 g/mol. The Bertz CT molecular complexity index is 744. The lowest BCUT2D eigenvalue weighted by Gasteiger charge is -2.13. The minimum absolute atomic E-state index is 0.377. The highest BCUT2D eigenvalue weighted by Crippen LogP contribution is 2.29. The molecule has 2 rings (SSSR count). The number of halogens is 1. The van der Waals surface area contributed by atoms with Gasteiger partial charge in [0.15, 0.2) is 5.11 Å². The van der Waals surface area contributed by atoms with Crippen molar-refractivity contribution in [2.45, 2.75) is 20.3 Å². The van der Waals surface area contributed by atoms with Crippen LogP contribution >= 0.6 is 39.5 Å². The van der Waals surface area contributed by atoms with E-state index in [0.717, 1.165) is 27.0 Å². The third-order valence-electron chi connectivity index (χ3n) is 3.18. The molecule has 1 aromatic heterocycles. The molecule has 7 heteroatoms. The number of hydrogen-bond acceptors (Lipinski definition) is 4. The maximum Gasteiger partial charge on any atom is 0.340 e. The Hall–Kier alpha value is -1.44. The summed E-state index contributed by atoms with van der Waals surface area (Å²) in [6.45, 7) is 4.02. The number of methoxy groups -OCH3 is 1. The zero-order chi connectivity index (χ0) is 17.0. The number of anilines is 2. The number of nitrogens with one attached hydrogen (secondary N) is 2. The molecule has 0 amide bonds. The fourth-order valence-electron chi connectivity index (χ4n) is 2.10. The number of esters is 1. The highest BCUT2D eigenvalue weighted by Gasteiger charge is 2.16. The van der Waals surface area contributed by atoms with E-state index in [4.69, 9.17) is 17.0 Å². The first-order chi connectivity index (χ1) is 10.9. The van der Waals surface area contributed by atoms with Gasteiger partial charge in [0, 0.05) is 15.0 Å². The van der Waals surface area contributed by atoms with E-state index < -0.39 is 0 Å². The van der Waals surface area contributed by atoms with Gasteiger partial charge >= 0.3 is 5.97 Å². The van der Waals surface area contributed by atoms with E-state index in [1.807, 2.05) is 19.1 Å². The summed E-state index contributed by atoms with van der Waals surface area (Å²) in [5.74, 6) is -0.377. The Morgan fingerprint density at radius 3 is 2.74 bits per heavy atom. The van der Waals surface area contributed by atoms with Crippen LogP contribution in [0.2, 0.25) is 0 Å². The molecule has 0 atom stereocenters. The van der Waals surface area contributed by atoms with Crippen molar-refractivity contribution in [2.75, 3.05) is 17.7 Å². The van der Waals surface area contributed by atoms with Crippen molar-refractivity contribution in [3.63, 3.8) is 0 Å². The number of benzene rings is 1.